The van der Waals surface area contributed by atoms with E-state index < -0.39 is 114 Å². The average molecular weight is 1230 g/mol. The largest absolute Gasteiger partial charge is 0.391 e. The molecule has 1 aliphatic heterocycles. The number of anilines is 2. The predicted molar refractivity (Wildman–Crippen MR) is 324 cm³/mol. The highest BCUT2D eigenvalue weighted by atomic mass is 35.5. The van der Waals surface area contributed by atoms with Crippen molar-refractivity contribution in [1.29, 1.82) is 0 Å². The van der Waals surface area contributed by atoms with Crippen LogP contribution in [-0.2, 0) is 64.0 Å². The van der Waals surface area contributed by atoms with Crippen molar-refractivity contribution in [2.24, 2.45) is 28.7 Å². The number of aliphatic hydroxyl groups excluding tert-OH is 1. The van der Waals surface area contributed by atoms with Crippen LogP contribution < -0.4 is 76.5 Å². The third-order valence-electron chi connectivity index (χ3n) is 13.5. The van der Waals surface area contributed by atoms with Crippen molar-refractivity contribution in [1.82, 2.24) is 42.2 Å². The van der Waals surface area contributed by atoms with Crippen molar-refractivity contribution in [3.05, 3.63) is 131 Å². The molecule has 1 fully saturated rings. The van der Waals surface area contributed by atoms with Gasteiger partial charge in [-0.2, -0.15) is 0 Å². The van der Waals surface area contributed by atoms with Gasteiger partial charge >= 0.3 is 12.1 Å². The zero-order valence-corrected chi connectivity index (χ0v) is 48.6. The predicted octanol–water partition coefficient (Wildman–Crippen LogP) is 0.184. The van der Waals surface area contributed by atoms with Crippen molar-refractivity contribution in [2.45, 2.75) is 106 Å². The number of aromatic amines is 1. The maximum absolute atomic E-state index is 15.0. The van der Waals surface area contributed by atoms with E-state index in [1.807, 2.05) is 6.07 Å². The fraction of sp³-hybridized carbons (Fsp3) is 0.357. The molecule has 1 saturated heterocycles. The fourth-order valence-electron chi connectivity index (χ4n) is 8.98. The van der Waals surface area contributed by atoms with Gasteiger partial charge in [0, 0.05) is 64.3 Å². The van der Waals surface area contributed by atoms with E-state index in [-0.39, 0.29) is 56.6 Å². The average Bonchev–Trinajstić information content (AvgIpc) is 3.82. The zero-order chi connectivity index (χ0) is 61.7. The Bertz CT molecular complexity index is 3170. The van der Waals surface area contributed by atoms with Crippen LogP contribution in [0.1, 0.15) is 48.4 Å². The quantitative estimate of drug-likeness (QED) is 0.0365. The second kappa shape index (κ2) is 32.0. The molecule has 4 aromatic carbocycles. The molecule has 0 unspecified atom stereocenters. The zero-order valence-electron chi connectivity index (χ0n) is 46.2. The summed E-state index contributed by atoms with van der Waals surface area (Å²) in [7, 11) is 1.90. The van der Waals surface area contributed by atoms with E-state index in [0.29, 0.717) is 56.0 Å². The van der Waals surface area contributed by atoms with E-state index in [0.717, 1.165) is 21.6 Å². The molecule has 0 aliphatic carbocycles. The molecule has 0 spiro atoms. The molecule has 12 amide bonds. The number of fused-ring (bicyclic) bond motifs is 1. The molecule has 1 aromatic heterocycles. The van der Waals surface area contributed by atoms with Gasteiger partial charge in [0.1, 0.15) is 42.3 Å². The van der Waals surface area contributed by atoms with E-state index in [1.165, 1.54) is 31.2 Å². The summed E-state index contributed by atoms with van der Waals surface area (Å²) in [5.74, 6) is -7.86. The summed E-state index contributed by atoms with van der Waals surface area (Å²) >= 11 is 6.10. The van der Waals surface area contributed by atoms with Crippen molar-refractivity contribution in [3.63, 3.8) is 0 Å². The Hall–Kier alpha value is -8.41. The van der Waals surface area contributed by atoms with Gasteiger partial charge in [0.2, 0.25) is 47.3 Å². The minimum atomic E-state index is -1.76. The van der Waals surface area contributed by atoms with Crippen LogP contribution in [0.2, 0.25) is 5.02 Å². The lowest BCUT2D eigenvalue weighted by atomic mass is 10.0. The van der Waals surface area contributed by atoms with Gasteiger partial charge in [0.25, 0.3) is 0 Å². The first-order valence-corrected chi connectivity index (χ1v) is 29.8. The SMILES string of the molecule is C[C@@H](O)[C@@H]1NC(=O)[C@H](CCCCN)NC(=O)[C@@H](Cc2c[nH]c3ccccc23)NC(=O)[C@H](Cc2ccc(NC(N)=O)cc2)NC(=O)[C@H](NC(=O)[C@@H](N)Cc2ccc(Cl)cc2)CSSC[C@@H](C(=O)N[C@H](Cc2ccc(NC(N)=O)cc2)C(N)=O)NC1=O. The van der Waals surface area contributed by atoms with Crippen molar-refractivity contribution >= 4 is 115 Å². The van der Waals surface area contributed by atoms with Gasteiger partial charge in [-0.05, 0) is 104 Å². The summed E-state index contributed by atoms with van der Waals surface area (Å²) in [6.45, 7) is 1.43. The molecule has 2 heterocycles. The van der Waals surface area contributed by atoms with E-state index in [9.17, 15) is 53.1 Å². The van der Waals surface area contributed by atoms with Crippen LogP contribution in [0.15, 0.2) is 103 Å². The number of aliphatic hydroxyl groups is 1. The standard InChI is InChI=1S/C56H70ClN15O11S2/c1-29(73)46-54(81)71-45(52(79)67-41(47(60)74)23-31-11-17-35(18-12-31)64-55(61)82)28-85-84-27-44(70-48(75)38(59)22-30-9-15-34(57)16-10-30)53(80)68-42(24-32-13-19-36(20-14-32)65-56(62)83)50(77)69-43(25-33-26-63-39-7-3-2-6-37(33)39)51(78)66-40(49(76)72-46)8-4-5-21-58/h2-3,6-7,9-20,26,29,38,40-46,63,73H,4-5,8,21-25,27-28,58-59H2,1H3,(H2,60,74)(H,66,78)(H,67,79)(H,68,80)(H,69,77)(H,70,75)(H,71,81)(H,72,76)(H3,61,64,82)(H3,62,65,83)/t29-,38+,40+,41-,42+,43-,44-,45+,46+/m1/s1. The fourth-order valence-corrected chi connectivity index (χ4v) is 11.4. The maximum Gasteiger partial charge on any atom is 0.316 e. The van der Waals surface area contributed by atoms with Crippen LogP contribution in [0.5, 0.6) is 0 Å². The topological polar surface area (TPSA) is 445 Å². The highest BCUT2D eigenvalue weighted by Gasteiger charge is 2.37. The van der Waals surface area contributed by atoms with Crippen molar-refractivity contribution in [2.75, 3.05) is 28.7 Å². The molecular weight excluding hydrogens is 1160 g/mol. The van der Waals surface area contributed by atoms with Crippen molar-refractivity contribution < 1.29 is 53.1 Å². The molecule has 9 atom stereocenters. The minimum absolute atomic E-state index is 0.0210. The van der Waals surface area contributed by atoms with Crippen LogP contribution in [0, 0.1) is 0 Å². The molecule has 0 saturated carbocycles. The normalized spacial score (nSPS) is 20.4. The van der Waals surface area contributed by atoms with Crippen LogP contribution in [0.25, 0.3) is 10.9 Å². The monoisotopic (exact) mass is 1230 g/mol. The van der Waals surface area contributed by atoms with Gasteiger partial charge in [-0.15, -0.1) is 0 Å². The molecule has 1 aliphatic rings. The van der Waals surface area contributed by atoms with Gasteiger partial charge in [0.15, 0.2) is 0 Å². The molecule has 29 heteroatoms. The summed E-state index contributed by atoms with van der Waals surface area (Å²) in [4.78, 5) is 141. The van der Waals surface area contributed by atoms with Gasteiger partial charge in [-0.25, -0.2) is 9.59 Å². The highest BCUT2D eigenvalue weighted by molar-refractivity contribution is 8.76. The number of nitrogens with one attached hydrogen (secondary N) is 10. The van der Waals surface area contributed by atoms with E-state index in [2.05, 4.69) is 52.8 Å². The van der Waals surface area contributed by atoms with Crippen LogP contribution in [0.3, 0.4) is 0 Å². The summed E-state index contributed by atoms with van der Waals surface area (Å²) in [6, 6.07) is 12.7. The number of hydrogen-bond acceptors (Lipinski definition) is 15. The lowest BCUT2D eigenvalue weighted by molar-refractivity contribution is -0.136. The lowest BCUT2D eigenvalue weighted by Crippen LogP contribution is -2.62. The highest BCUT2D eigenvalue weighted by Crippen LogP contribution is 2.25. The molecule has 454 valence electrons. The summed E-state index contributed by atoms with van der Waals surface area (Å²) < 4.78 is 0. The molecular formula is C56H70ClN15O11S2. The Labute approximate surface area is 501 Å². The molecule has 26 nitrogen and oxygen atoms in total. The molecule has 0 radical (unpaired) electrons. The number of carbonyl (C=O) groups excluding carboxylic acids is 10. The van der Waals surface area contributed by atoms with Crippen LogP contribution >= 0.6 is 33.2 Å². The van der Waals surface area contributed by atoms with Crippen molar-refractivity contribution in [3.8, 4) is 0 Å². The second-order valence-electron chi connectivity index (χ2n) is 20.1. The Morgan fingerprint density at radius 3 is 1.82 bits per heavy atom. The first kappa shape index (κ1) is 65.7. The number of hydrogen-bond donors (Lipinski definition) is 16. The maximum atomic E-state index is 15.0. The molecule has 85 heavy (non-hydrogen) atoms. The number of benzene rings is 4. The van der Waals surface area contributed by atoms with E-state index in [1.54, 1.807) is 72.9 Å². The number of para-hydroxylation sites is 1. The minimum Gasteiger partial charge on any atom is -0.391 e. The second-order valence-corrected chi connectivity index (χ2v) is 23.1. The summed E-state index contributed by atoms with van der Waals surface area (Å²) in [5.41, 5.74) is 32.2. The number of H-pyrrole nitrogens is 1. The van der Waals surface area contributed by atoms with Gasteiger partial charge in [-0.1, -0.05) is 87.8 Å². The number of carbonyl (C=O) groups is 10. The van der Waals surface area contributed by atoms with E-state index >= 15 is 0 Å². The van der Waals surface area contributed by atoms with Crippen LogP contribution in [-0.4, -0.2) is 142 Å². The van der Waals surface area contributed by atoms with Gasteiger partial charge in [0.05, 0.1) is 12.1 Å². The smallest absolute Gasteiger partial charge is 0.316 e. The molecule has 21 N–H and O–H groups in total. The van der Waals surface area contributed by atoms with E-state index in [4.69, 9.17) is 40.3 Å². The van der Waals surface area contributed by atoms with Crippen LogP contribution in [0.4, 0.5) is 21.0 Å². The number of amides is 12. The number of aromatic nitrogens is 1. The van der Waals surface area contributed by atoms with Gasteiger partial charge < -0.3 is 86.6 Å². The third-order valence-corrected chi connectivity index (χ3v) is 16.2. The number of primary amides is 3. The number of nitrogens with two attached hydrogens (primary N) is 5. The Balaban J connectivity index is 1.40. The number of halogens is 1. The molecule has 5 aromatic rings. The summed E-state index contributed by atoms with van der Waals surface area (Å²) in [6.07, 6.45) is 0.184. The third kappa shape index (κ3) is 20.4. The number of rotatable bonds is 20. The molecule has 0 bridgehead atoms. The Morgan fingerprint density at radius 1 is 0.659 bits per heavy atom. The summed E-state index contributed by atoms with van der Waals surface area (Å²) in [5, 5.41) is 35.8. The van der Waals surface area contributed by atoms with Gasteiger partial charge in [-0.3, -0.25) is 38.4 Å². The Morgan fingerprint density at radius 2 is 1.21 bits per heavy atom. The first-order chi connectivity index (χ1) is 40.6. The number of unbranched alkanes of at least 4 members (excludes halogenated alkanes) is 1. The number of urea groups is 2. The first-order valence-electron chi connectivity index (χ1n) is 27.0. The molecule has 6 rings (SSSR count). The Kier molecular flexibility index (Phi) is 24.8. The lowest BCUT2D eigenvalue weighted by Gasteiger charge is -2.29.